The third-order valence-electron chi connectivity index (χ3n) is 4.47. The summed E-state index contributed by atoms with van der Waals surface area (Å²) in [6.07, 6.45) is 3.69. The number of hydrogen-bond donors (Lipinski definition) is 3. The monoisotopic (exact) mass is 529 g/mol. The molecule has 2 rings (SSSR count). The number of nitrogens with zero attached hydrogens (tertiary/aromatic N) is 2. The molecule has 0 bridgehead atoms. The maximum Gasteiger partial charge on any atom is 0.247 e. The molecule has 0 saturated carbocycles. The largest absolute Gasteiger partial charge is 0.357 e. The normalized spacial score (nSPS) is 16.8. The molecular formula is C17H32IN5O2S2. The highest BCUT2D eigenvalue weighted by atomic mass is 127. The number of thiophene rings is 1. The first kappa shape index (κ1) is 24.6. The fourth-order valence-corrected chi connectivity index (χ4v) is 4.59. The second-order valence-electron chi connectivity index (χ2n) is 6.77. The smallest absolute Gasteiger partial charge is 0.247 e. The van der Waals surface area contributed by atoms with E-state index in [1.165, 1.54) is 32.0 Å². The van der Waals surface area contributed by atoms with E-state index in [0.717, 1.165) is 54.1 Å². The lowest BCUT2D eigenvalue weighted by molar-refractivity contribution is 0.191. The van der Waals surface area contributed by atoms with Crippen LogP contribution in [0.4, 0.5) is 0 Å². The van der Waals surface area contributed by atoms with E-state index < -0.39 is 10.0 Å². The second kappa shape index (κ2) is 12.2. The summed E-state index contributed by atoms with van der Waals surface area (Å²) in [7, 11) is -3.63. The SMILES string of the molecule is CCNC(=NCc1ccc(S(N)(=O)=O)s1)NCCCN1CCC(C)CC1.I. The number of aliphatic imine (C=N–C) groups is 1. The highest BCUT2D eigenvalue weighted by Crippen LogP contribution is 2.20. The molecule has 0 aromatic carbocycles. The number of guanidine groups is 1. The summed E-state index contributed by atoms with van der Waals surface area (Å²) in [5.41, 5.74) is 0. The van der Waals surface area contributed by atoms with Gasteiger partial charge in [0.05, 0.1) is 6.54 Å². The standard InChI is InChI=1S/C17H31N5O2S2.HI/c1-3-19-17(20-9-4-10-22-11-7-14(2)8-12-22)21-13-15-5-6-16(25-15)26(18,23)24;/h5-6,14H,3-4,7-13H2,1-2H3,(H2,18,23,24)(H2,19,20,21);1H. The molecule has 4 N–H and O–H groups in total. The molecule has 10 heteroatoms. The molecular weight excluding hydrogens is 497 g/mol. The molecule has 1 aromatic heterocycles. The van der Waals surface area contributed by atoms with Crippen molar-refractivity contribution in [2.24, 2.45) is 16.0 Å². The third kappa shape index (κ3) is 9.07. The van der Waals surface area contributed by atoms with Crippen molar-refractivity contribution in [3.63, 3.8) is 0 Å². The molecule has 0 atom stereocenters. The topological polar surface area (TPSA) is 99.8 Å². The van der Waals surface area contributed by atoms with Gasteiger partial charge in [-0.3, -0.25) is 0 Å². The number of nitrogens with two attached hydrogens (primary N) is 1. The van der Waals surface area contributed by atoms with Crippen molar-refractivity contribution in [1.29, 1.82) is 0 Å². The molecule has 1 saturated heterocycles. The van der Waals surface area contributed by atoms with Crippen molar-refractivity contribution < 1.29 is 8.42 Å². The number of sulfonamides is 1. The van der Waals surface area contributed by atoms with Crippen molar-refractivity contribution in [3.8, 4) is 0 Å². The Morgan fingerprint density at radius 2 is 2.04 bits per heavy atom. The molecule has 0 amide bonds. The zero-order valence-corrected chi connectivity index (χ0v) is 20.1. The molecule has 27 heavy (non-hydrogen) atoms. The number of likely N-dealkylation sites (tertiary alicyclic amines) is 1. The van der Waals surface area contributed by atoms with Crippen molar-refractivity contribution in [2.75, 3.05) is 32.7 Å². The van der Waals surface area contributed by atoms with Gasteiger partial charge in [-0.15, -0.1) is 35.3 Å². The van der Waals surface area contributed by atoms with Gasteiger partial charge in [0, 0.05) is 18.0 Å². The van der Waals surface area contributed by atoms with Gasteiger partial charge in [0.2, 0.25) is 10.0 Å². The fraction of sp³-hybridized carbons (Fsp3) is 0.706. The molecule has 1 aliphatic heterocycles. The number of nitrogens with one attached hydrogen (secondary N) is 2. The van der Waals surface area contributed by atoms with E-state index in [2.05, 4.69) is 27.4 Å². The summed E-state index contributed by atoms with van der Waals surface area (Å²) >= 11 is 1.16. The van der Waals surface area contributed by atoms with Crippen LogP contribution in [-0.2, 0) is 16.6 Å². The van der Waals surface area contributed by atoms with E-state index >= 15 is 0 Å². The predicted molar refractivity (Wildman–Crippen MR) is 123 cm³/mol. The van der Waals surface area contributed by atoms with Crippen molar-refractivity contribution in [1.82, 2.24) is 15.5 Å². The average Bonchev–Trinajstić information content (AvgIpc) is 3.07. The van der Waals surface area contributed by atoms with Crippen LogP contribution in [0.5, 0.6) is 0 Å². The maximum absolute atomic E-state index is 11.3. The average molecular weight is 530 g/mol. The molecule has 7 nitrogen and oxygen atoms in total. The Labute approximate surface area is 184 Å². The zero-order valence-electron chi connectivity index (χ0n) is 16.1. The molecule has 0 aliphatic carbocycles. The van der Waals surface area contributed by atoms with E-state index in [9.17, 15) is 8.42 Å². The minimum Gasteiger partial charge on any atom is -0.357 e. The number of piperidine rings is 1. The summed E-state index contributed by atoms with van der Waals surface area (Å²) in [6, 6.07) is 3.29. The van der Waals surface area contributed by atoms with Gasteiger partial charge >= 0.3 is 0 Å². The third-order valence-corrected chi connectivity index (χ3v) is 6.98. The molecule has 1 fully saturated rings. The van der Waals surface area contributed by atoms with Crippen LogP contribution < -0.4 is 15.8 Å². The van der Waals surface area contributed by atoms with Crippen LogP contribution in [0, 0.1) is 5.92 Å². The Hall–Kier alpha value is -0.430. The molecule has 0 radical (unpaired) electrons. The minimum atomic E-state index is -3.63. The van der Waals surface area contributed by atoms with E-state index in [1.54, 1.807) is 6.07 Å². The Balaban J connectivity index is 0.00000364. The van der Waals surface area contributed by atoms with E-state index in [1.807, 2.05) is 6.92 Å². The van der Waals surface area contributed by atoms with Gasteiger partial charge in [0.1, 0.15) is 4.21 Å². The van der Waals surface area contributed by atoms with Gasteiger partial charge in [-0.2, -0.15) is 0 Å². The minimum absolute atomic E-state index is 0. The van der Waals surface area contributed by atoms with E-state index in [4.69, 9.17) is 5.14 Å². The fourth-order valence-electron chi connectivity index (χ4n) is 2.89. The number of hydrogen-bond acceptors (Lipinski definition) is 5. The quantitative estimate of drug-likeness (QED) is 0.208. The first-order valence-corrected chi connectivity index (χ1v) is 11.6. The van der Waals surface area contributed by atoms with Crippen LogP contribution in [0.3, 0.4) is 0 Å². The van der Waals surface area contributed by atoms with Crippen molar-refractivity contribution in [2.45, 2.75) is 43.9 Å². The van der Waals surface area contributed by atoms with Crippen LogP contribution in [0.2, 0.25) is 0 Å². The zero-order chi connectivity index (χ0) is 19.0. The molecule has 0 spiro atoms. The summed E-state index contributed by atoms with van der Waals surface area (Å²) < 4.78 is 22.8. The summed E-state index contributed by atoms with van der Waals surface area (Å²) in [4.78, 5) is 7.93. The van der Waals surface area contributed by atoms with Gasteiger partial charge < -0.3 is 15.5 Å². The summed E-state index contributed by atoms with van der Waals surface area (Å²) in [5, 5.41) is 11.7. The lowest BCUT2D eigenvalue weighted by Crippen LogP contribution is -2.39. The maximum atomic E-state index is 11.3. The lowest BCUT2D eigenvalue weighted by atomic mass is 9.99. The van der Waals surface area contributed by atoms with Crippen LogP contribution in [0.1, 0.15) is 38.0 Å². The van der Waals surface area contributed by atoms with Crippen molar-refractivity contribution in [3.05, 3.63) is 17.0 Å². The predicted octanol–water partition coefficient (Wildman–Crippen LogP) is 2.19. The second-order valence-corrected chi connectivity index (χ2v) is 9.72. The Bertz CT molecular complexity index is 685. The number of halogens is 1. The van der Waals surface area contributed by atoms with Crippen LogP contribution in [-0.4, -0.2) is 52.0 Å². The summed E-state index contributed by atoms with van der Waals surface area (Å²) in [6.45, 7) is 9.96. The molecule has 1 aliphatic rings. The Kier molecular flexibility index (Phi) is 11.1. The van der Waals surface area contributed by atoms with Gasteiger partial charge in [0.25, 0.3) is 0 Å². The van der Waals surface area contributed by atoms with Crippen LogP contribution in [0.25, 0.3) is 0 Å². The van der Waals surface area contributed by atoms with Gasteiger partial charge in [-0.05, 0) is 63.9 Å². The Morgan fingerprint density at radius 3 is 2.63 bits per heavy atom. The van der Waals surface area contributed by atoms with Gasteiger partial charge in [0.15, 0.2) is 5.96 Å². The van der Waals surface area contributed by atoms with E-state index in [-0.39, 0.29) is 28.2 Å². The van der Waals surface area contributed by atoms with Crippen LogP contribution >= 0.6 is 35.3 Å². The molecule has 156 valence electrons. The first-order chi connectivity index (χ1) is 12.4. The molecule has 2 heterocycles. The Morgan fingerprint density at radius 1 is 1.33 bits per heavy atom. The van der Waals surface area contributed by atoms with Crippen LogP contribution in [0.15, 0.2) is 21.3 Å². The molecule has 0 unspecified atom stereocenters. The first-order valence-electron chi connectivity index (χ1n) is 9.24. The van der Waals surface area contributed by atoms with Gasteiger partial charge in [-0.1, -0.05) is 6.92 Å². The summed E-state index contributed by atoms with van der Waals surface area (Å²) in [5.74, 6) is 1.62. The molecule has 1 aromatic rings. The van der Waals surface area contributed by atoms with Gasteiger partial charge in [-0.25, -0.2) is 18.5 Å². The van der Waals surface area contributed by atoms with E-state index in [0.29, 0.717) is 6.54 Å². The number of primary sulfonamides is 1. The highest BCUT2D eigenvalue weighted by molar-refractivity contribution is 14.0. The highest BCUT2D eigenvalue weighted by Gasteiger charge is 2.15. The van der Waals surface area contributed by atoms with Crippen molar-refractivity contribution >= 4 is 51.3 Å². The lowest BCUT2D eigenvalue weighted by Gasteiger charge is -2.30. The number of rotatable bonds is 8.